The summed E-state index contributed by atoms with van der Waals surface area (Å²) in [6, 6.07) is 7.75. The average molecular weight is 419 g/mol. The smallest absolute Gasteiger partial charge is 0.311 e. The second-order valence-corrected chi connectivity index (χ2v) is 8.47. The lowest BCUT2D eigenvalue weighted by molar-refractivity contribution is -0.157. The van der Waals surface area contributed by atoms with Gasteiger partial charge in [-0.1, -0.05) is 12.1 Å². The van der Waals surface area contributed by atoms with Gasteiger partial charge in [-0.05, 0) is 70.1 Å². The molecule has 1 aliphatic rings. The topological polar surface area (TPSA) is 105 Å². The second kappa shape index (κ2) is 11.1. The molecule has 0 atom stereocenters. The summed E-state index contributed by atoms with van der Waals surface area (Å²) in [6.45, 7) is 7.07. The number of carbonyl (C=O) groups is 3. The van der Waals surface area contributed by atoms with Gasteiger partial charge in [0.25, 0.3) is 5.91 Å². The number of nitrogens with one attached hydrogen (secondary N) is 2. The van der Waals surface area contributed by atoms with Crippen molar-refractivity contribution in [1.82, 2.24) is 10.6 Å². The third-order valence-electron chi connectivity index (χ3n) is 5.98. The molecule has 0 aliphatic heterocycles. The van der Waals surface area contributed by atoms with E-state index in [0.717, 1.165) is 37.8 Å². The zero-order valence-electron chi connectivity index (χ0n) is 18.2. The van der Waals surface area contributed by atoms with Crippen LogP contribution in [0.2, 0.25) is 0 Å². The molecule has 0 saturated heterocycles. The average Bonchev–Trinajstić information content (AvgIpc) is 2.72. The summed E-state index contributed by atoms with van der Waals surface area (Å²) in [5.74, 6) is -0.962. The van der Waals surface area contributed by atoms with Crippen molar-refractivity contribution in [3.63, 3.8) is 0 Å². The van der Waals surface area contributed by atoms with Crippen LogP contribution in [-0.4, -0.2) is 42.1 Å². The van der Waals surface area contributed by atoms with Gasteiger partial charge >= 0.3 is 11.9 Å². The Bertz CT molecular complexity index is 722. The van der Waals surface area contributed by atoms with E-state index in [2.05, 4.69) is 10.6 Å². The first-order valence-electron chi connectivity index (χ1n) is 10.7. The highest BCUT2D eigenvalue weighted by molar-refractivity contribution is 5.94. The van der Waals surface area contributed by atoms with Gasteiger partial charge < -0.3 is 20.5 Å². The molecule has 30 heavy (non-hydrogen) atoms. The Balaban J connectivity index is 1.76. The van der Waals surface area contributed by atoms with E-state index in [0.29, 0.717) is 24.1 Å². The molecule has 2 rings (SSSR count). The van der Waals surface area contributed by atoms with Crippen LogP contribution in [0.3, 0.4) is 0 Å². The van der Waals surface area contributed by atoms with Gasteiger partial charge in [0, 0.05) is 24.7 Å². The predicted molar refractivity (Wildman–Crippen MR) is 114 cm³/mol. The fourth-order valence-electron chi connectivity index (χ4n) is 3.92. The first-order valence-corrected chi connectivity index (χ1v) is 10.7. The zero-order chi connectivity index (χ0) is 22.1. The summed E-state index contributed by atoms with van der Waals surface area (Å²) >= 11 is 0. The van der Waals surface area contributed by atoms with E-state index in [1.165, 1.54) is 0 Å². The van der Waals surface area contributed by atoms with Crippen LogP contribution in [0.5, 0.6) is 0 Å². The molecule has 166 valence electrons. The van der Waals surface area contributed by atoms with Crippen molar-refractivity contribution in [3.05, 3.63) is 35.4 Å². The predicted octanol–water partition coefficient (Wildman–Crippen LogP) is 3.13. The summed E-state index contributed by atoms with van der Waals surface area (Å²) in [4.78, 5) is 34.7. The van der Waals surface area contributed by atoms with Crippen molar-refractivity contribution in [1.29, 1.82) is 0 Å². The van der Waals surface area contributed by atoms with Gasteiger partial charge in [0.1, 0.15) is 0 Å². The van der Waals surface area contributed by atoms with E-state index in [1.807, 2.05) is 32.9 Å². The number of amides is 1. The molecule has 0 radical (unpaired) electrons. The number of rotatable bonds is 10. The number of carboxylic acid groups (broad SMARTS) is 1. The van der Waals surface area contributed by atoms with Crippen LogP contribution in [0.4, 0.5) is 0 Å². The fraction of sp³-hybridized carbons (Fsp3) is 0.609. The molecule has 7 heteroatoms. The molecule has 0 unspecified atom stereocenters. The first-order chi connectivity index (χ1) is 14.2. The number of aliphatic carboxylic acids is 1. The van der Waals surface area contributed by atoms with E-state index < -0.39 is 11.4 Å². The standard InChI is InChI=1S/C23H34N2O5/c1-4-30-22(29)23(2,3)18-9-11-19(12-10-18)25-15-16-5-7-17(8-6-16)21(28)24-14-13-20(26)27/h5-8,18-19,25H,4,9-15H2,1-3H3,(H,24,28)(H,26,27). The maximum absolute atomic E-state index is 12.2. The number of benzene rings is 1. The van der Waals surface area contributed by atoms with Crippen LogP contribution < -0.4 is 10.6 Å². The number of hydrogen-bond donors (Lipinski definition) is 3. The van der Waals surface area contributed by atoms with Gasteiger partial charge in [-0.3, -0.25) is 14.4 Å². The molecular formula is C23H34N2O5. The molecule has 1 aliphatic carbocycles. The van der Waals surface area contributed by atoms with Crippen molar-refractivity contribution in [2.45, 2.75) is 65.5 Å². The highest BCUT2D eigenvalue weighted by Gasteiger charge is 2.39. The van der Waals surface area contributed by atoms with E-state index in [9.17, 15) is 14.4 Å². The highest BCUT2D eigenvalue weighted by atomic mass is 16.5. The van der Waals surface area contributed by atoms with Gasteiger partial charge in [0.2, 0.25) is 0 Å². The Morgan fingerprint density at radius 1 is 1.10 bits per heavy atom. The molecule has 1 fully saturated rings. The summed E-state index contributed by atoms with van der Waals surface area (Å²) in [6.07, 6.45) is 3.96. The molecule has 0 bridgehead atoms. The van der Waals surface area contributed by atoms with Crippen LogP contribution in [0.15, 0.2) is 24.3 Å². The minimum absolute atomic E-state index is 0.0903. The monoisotopic (exact) mass is 418 g/mol. The zero-order valence-corrected chi connectivity index (χ0v) is 18.2. The number of ether oxygens (including phenoxy) is 1. The fourth-order valence-corrected chi connectivity index (χ4v) is 3.92. The van der Waals surface area contributed by atoms with Crippen LogP contribution >= 0.6 is 0 Å². The molecule has 1 aromatic carbocycles. The summed E-state index contributed by atoms with van der Waals surface area (Å²) < 4.78 is 5.24. The number of hydrogen-bond acceptors (Lipinski definition) is 5. The molecule has 3 N–H and O–H groups in total. The number of esters is 1. The van der Waals surface area contributed by atoms with E-state index in [-0.39, 0.29) is 24.8 Å². The molecule has 1 aromatic rings. The summed E-state index contributed by atoms with van der Waals surface area (Å²) in [5, 5.41) is 14.8. The third-order valence-corrected chi connectivity index (χ3v) is 5.98. The Kier molecular flexibility index (Phi) is 8.84. The maximum atomic E-state index is 12.2. The maximum Gasteiger partial charge on any atom is 0.311 e. The minimum atomic E-state index is -0.935. The van der Waals surface area contributed by atoms with Crippen LogP contribution in [-0.2, 0) is 20.9 Å². The number of carbonyl (C=O) groups excluding carboxylic acids is 2. The van der Waals surface area contributed by atoms with Crippen molar-refractivity contribution < 1.29 is 24.2 Å². The molecule has 1 amide bonds. The Labute approximate surface area is 178 Å². The summed E-state index contributed by atoms with van der Waals surface area (Å²) in [7, 11) is 0. The highest BCUT2D eigenvalue weighted by Crippen LogP contribution is 2.39. The second-order valence-electron chi connectivity index (χ2n) is 8.47. The van der Waals surface area contributed by atoms with Gasteiger partial charge in [0.05, 0.1) is 18.4 Å². The lowest BCUT2D eigenvalue weighted by atomic mass is 9.70. The molecular weight excluding hydrogens is 384 g/mol. The molecule has 1 saturated carbocycles. The van der Waals surface area contributed by atoms with Gasteiger partial charge in [0.15, 0.2) is 0 Å². The SMILES string of the molecule is CCOC(=O)C(C)(C)C1CCC(NCc2ccc(C(=O)NCCC(=O)O)cc2)CC1. The number of carboxylic acids is 1. The molecule has 0 aromatic heterocycles. The van der Waals surface area contributed by atoms with Crippen molar-refractivity contribution in [2.75, 3.05) is 13.2 Å². The first kappa shape index (κ1) is 23.9. The Morgan fingerprint density at radius 2 is 1.73 bits per heavy atom. The van der Waals surface area contributed by atoms with Crippen molar-refractivity contribution >= 4 is 17.8 Å². The normalized spacial score (nSPS) is 19.2. The van der Waals surface area contributed by atoms with Crippen molar-refractivity contribution in [2.24, 2.45) is 11.3 Å². The molecule has 7 nitrogen and oxygen atoms in total. The van der Waals surface area contributed by atoms with Crippen molar-refractivity contribution in [3.8, 4) is 0 Å². The van der Waals surface area contributed by atoms with E-state index in [4.69, 9.17) is 9.84 Å². The van der Waals surface area contributed by atoms with E-state index in [1.54, 1.807) is 12.1 Å². The lowest BCUT2D eigenvalue weighted by Gasteiger charge is -2.37. The Hall–Kier alpha value is -2.41. The Morgan fingerprint density at radius 3 is 2.30 bits per heavy atom. The lowest BCUT2D eigenvalue weighted by Crippen LogP contribution is -2.40. The summed E-state index contributed by atoms with van der Waals surface area (Å²) in [5.41, 5.74) is 1.17. The largest absolute Gasteiger partial charge is 0.481 e. The molecule has 0 spiro atoms. The molecule has 0 heterocycles. The van der Waals surface area contributed by atoms with E-state index >= 15 is 0 Å². The van der Waals surface area contributed by atoms with Gasteiger partial charge in [-0.15, -0.1) is 0 Å². The van der Waals surface area contributed by atoms with Gasteiger partial charge in [-0.25, -0.2) is 0 Å². The van der Waals surface area contributed by atoms with Gasteiger partial charge in [-0.2, -0.15) is 0 Å². The third kappa shape index (κ3) is 6.83. The van der Waals surface area contributed by atoms with Crippen LogP contribution in [0.1, 0.15) is 68.8 Å². The van der Waals surface area contributed by atoms with Crippen LogP contribution in [0.25, 0.3) is 0 Å². The quantitative estimate of drug-likeness (QED) is 0.504. The van der Waals surface area contributed by atoms with Crippen LogP contribution in [0, 0.1) is 11.3 Å². The minimum Gasteiger partial charge on any atom is -0.481 e.